The van der Waals surface area contributed by atoms with Gasteiger partial charge in [0.1, 0.15) is 11.5 Å². The van der Waals surface area contributed by atoms with Gasteiger partial charge in [0.2, 0.25) is 0 Å². The molecule has 0 fully saturated rings. The Bertz CT molecular complexity index is 1370. The first-order chi connectivity index (χ1) is 15.8. The van der Waals surface area contributed by atoms with Crippen LogP contribution >= 0.6 is 0 Å². The van der Waals surface area contributed by atoms with E-state index >= 15 is 0 Å². The Morgan fingerprint density at radius 3 is 2.16 bits per heavy atom. The van der Waals surface area contributed by atoms with Crippen LogP contribution < -0.4 is 9.47 Å². The van der Waals surface area contributed by atoms with Crippen molar-refractivity contribution in [2.45, 2.75) is 6.42 Å². The van der Waals surface area contributed by atoms with Crippen LogP contribution in [0.1, 0.15) is 22.3 Å². The number of hydrogen-bond donors (Lipinski definition) is 1. The molecule has 1 heterocycles. The smallest absolute Gasteiger partial charge is 0.193 e. The van der Waals surface area contributed by atoms with Gasteiger partial charge in [0, 0.05) is 34.6 Å². The van der Waals surface area contributed by atoms with Gasteiger partial charge in [0.15, 0.2) is 5.78 Å². The molecule has 0 aliphatic rings. The summed E-state index contributed by atoms with van der Waals surface area (Å²) >= 11 is 0. The van der Waals surface area contributed by atoms with E-state index in [1.54, 1.807) is 0 Å². The molecule has 0 saturated carbocycles. The lowest BCUT2D eigenvalue weighted by atomic mass is 10.00. The van der Waals surface area contributed by atoms with Crippen molar-refractivity contribution < 1.29 is 14.3 Å². The first kappa shape index (κ1) is 19.9. The van der Waals surface area contributed by atoms with Gasteiger partial charge in [-0.1, -0.05) is 48.5 Å². The van der Waals surface area contributed by atoms with E-state index in [-0.39, 0.29) is 5.78 Å². The quantitative estimate of drug-likeness (QED) is 0.233. The molecular formula is C28H23NO3. The first-order valence-corrected chi connectivity index (χ1v) is 10.7. The summed E-state index contributed by atoms with van der Waals surface area (Å²) in [5.74, 6) is 1.71. The summed E-state index contributed by atoms with van der Waals surface area (Å²) in [6.07, 6.45) is 2.71. The number of rotatable bonds is 8. The van der Waals surface area contributed by atoms with E-state index in [1.165, 1.54) is 0 Å². The Labute approximate surface area is 186 Å². The van der Waals surface area contributed by atoms with Crippen molar-refractivity contribution in [3.05, 3.63) is 108 Å². The van der Waals surface area contributed by atoms with Gasteiger partial charge in [-0.3, -0.25) is 4.79 Å². The Hall–Kier alpha value is -4.05. The number of aromatic nitrogens is 1. The van der Waals surface area contributed by atoms with Crippen molar-refractivity contribution in [2.24, 2.45) is 0 Å². The summed E-state index contributed by atoms with van der Waals surface area (Å²) in [7, 11) is 0. The van der Waals surface area contributed by atoms with Gasteiger partial charge in [-0.15, -0.1) is 0 Å². The largest absolute Gasteiger partial charge is 0.493 e. The first-order valence-electron chi connectivity index (χ1n) is 10.7. The van der Waals surface area contributed by atoms with E-state index in [2.05, 4.69) is 4.98 Å². The number of ether oxygens (including phenoxy) is 2. The summed E-state index contributed by atoms with van der Waals surface area (Å²) in [6.45, 7) is 1.16. The van der Waals surface area contributed by atoms with Gasteiger partial charge in [-0.25, -0.2) is 0 Å². The molecule has 1 aromatic heterocycles. The highest BCUT2D eigenvalue weighted by Crippen LogP contribution is 2.24. The fourth-order valence-electron chi connectivity index (χ4n) is 3.77. The number of hydrogen-bond acceptors (Lipinski definition) is 3. The highest BCUT2D eigenvalue weighted by molar-refractivity contribution is 6.10. The maximum atomic E-state index is 12.7. The van der Waals surface area contributed by atoms with Crippen LogP contribution in [0.25, 0.3) is 21.7 Å². The van der Waals surface area contributed by atoms with E-state index in [1.807, 2.05) is 97.2 Å². The van der Waals surface area contributed by atoms with Crippen molar-refractivity contribution in [3.8, 4) is 11.5 Å². The van der Waals surface area contributed by atoms with Gasteiger partial charge in [-0.2, -0.15) is 0 Å². The van der Waals surface area contributed by atoms with Crippen molar-refractivity contribution in [2.75, 3.05) is 13.2 Å². The van der Waals surface area contributed by atoms with Crippen LogP contribution in [0.15, 0.2) is 97.2 Å². The van der Waals surface area contributed by atoms with E-state index in [0.717, 1.165) is 39.6 Å². The molecule has 0 bridgehead atoms. The zero-order chi connectivity index (χ0) is 21.8. The Morgan fingerprint density at radius 1 is 0.656 bits per heavy atom. The number of H-pyrrole nitrogens is 1. The molecular weight excluding hydrogens is 398 g/mol. The average Bonchev–Trinajstić information content (AvgIpc) is 3.31. The van der Waals surface area contributed by atoms with Gasteiger partial charge in [0.25, 0.3) is 0 Å². The predicted molar refractivity (Wildman–Crippen MR) is 128 cm³/mol. The van der Waals surface area contributed by atoms with Crippen molar-refractivity contribution >= 4 is 27.5 Å². The van der Waals surface area contributed by atoms with E-state index < -0.39 is 0 Å². The second kappa shape index (κ2) is 8.98. The molecule has 4 nitrogen and oxygen atoms in total. The summed E-state index contributed by atoms with van der Waals surface area (Å²) in [5, 5.41) is 3.20. The van der Waals surface area contributed by atoms with Crippen LogP contribution in [0.4, 0.5) is 0 Å². The topological polar surface area (TPSA) is 51.3 Å². The third-order valence-electron chi connectivity index (χ3n) is 5.46. The number of carbonyl (C=O) groups is 1. The lowest BCUT2D eigenvalue weighted by Gasteiger charge is -2.09. The molecule has 0 amide bonds. The molecule has 1 N–H and O–H groups in total. The molecule has 0 saturated heterocycles. The normalized spacial score (nSPS) is 11.0. The van der Waals surface area contributed by atoms with Crippen molar-refractivity contribution in [1.82, 2.24) is 4.98 Å². The molecule has 5 aromatic rings. The zero-order valence-electron chi connectivity index (χ0n) is 17.6. The molecule has 0 spiro atoms. The fourth-order valence-corrected chi connectivity index (χ4v) is 3.77. The minimum atomic E-state index is 0.0310. The molecule has 0 unspecified atom stereocenters. The maximum absolute atomic E-state index is 12.7. The monoisotopic (exact) mass is 421 g/mol. The molecule has 158 valence electrons. The highest BCUT2D eigenvalue weighted by atomic mass is 16.5. The number of carbonyl (C=O) groups excluding carboxylic acids is 1. The minimum absolute atomic E-state index is 0.0310. The van der Waals surface area contributed by atoms with Gasteiger partial charge in [0.05, 0.1) is 13.2 Å². The third kappa shape index (κ3) is 4.35. The summed E-state index contributed by atoms with van der Waals surface area (Å²) in [4.78, 5) is 15.9. The van der Waals surface area contributed by atoms with Crippen LogP contribution in [-0.4, -0.2) is 24.0 Å². The number of nitrogens with one attached hydrogen (secondary N) is 1. The highest BCUT2D eigenvalue weighted by Gasteiger charge is 2.09. The summed E-state index contributed by atoms with van der Waals surface area (Å²) < 4.78 is 11.7. The lowest BCUT2D eigenvalue weighted by molar-refractivity contribution is 0.103. The summed E-state index contributed by atoms with van der Waals surface area (Å²) in [5.41, 5.74) is 2.49. The van der Waals surface area contributed by atoms with Gasteiger partial charge < -0.3 is 14.5 Å². The van der Waals surface area contributed by atoms with Crippen LogP contribution in [0.3, 0.4) is 0 Å². The van der Waals surface area contributed by atoms with Gasteiger partial charge >= 0.3 is 0 Å². The fraction of sp³-hybridized carbons (Fsp3) is 0.107. The molecule has 0 atom stereocenters. The second-order valence-corrected chi connectivity index (χ2v) is 7.70. The number of fused-ring (bicyclic) bond motifs is 2. The van der Waals surface area contributed by atoms with Crippen LogP contribution in [-0.2, 0) is 0 Å². The number of ketones is 1. The second-order valence-electron chi connectivity index (χ2n) is 7.70. The van der Waals surface area contributed by atoms with E-state index in [4.69, 9.17) is 9.47 Å². The Balaban J connectivity index is 1.16. The Kier molecular flexibility index (Phi) is 5.58. The zero-order valence-corrected chi connectivity index (χ0v) is 17.6. The molecule has 0 radical (unpaired) electrons. The predicted octanol–water partition coefficient (Wildman–Crippen LogP) is 6.40. The van der Waals surface area contributed by atoms with Gasteiger partial charge in [-0.05, 0) is 53.2 Å². The standard InChI is InChI=1S/C28H23NO3/c30-28(20-5-2-1-3-6-20)24-8-7-22-18-25(10-9-21(22)17-24)31-15-4-16-32-26-11-12-27-23(19-26)13-14-29-27/h1-3,5-14,17-19,29H,4,15-16H2. The molecule has 0 aliphatic heterocycles. The summed E-state index contributed by atoms with van der Waals surface area (Å²) in [6, 6.07) is 29.1. The molecule has 4 heteroatoms. The van der Waals surface area contributed by atoms with Crippen molar-refractivity contribution in [1.29, 1.82) is 0 Å². The van der Waals surface area contributed by atoms with Crippen LogP contribution in [0.2, 0.25) is 0 Å². The maximum Gasteiger partial charge on any atom is 0.193 e. The number of benzene rings is 4. The van der Waals surface area contributed by atoms with Crippen LogP contribution in [0.5, 0.6) is 11.5 Å². The van der Waals surface area contributed by atoms with E-state index in [9.17, 15) is 4.79 Å². The minimum Gasteiger partial charge on any atom is -0.493 e. The van der Waals surface area contributed by atoms with Crippen LogP contribution in [0, 0.1) is 0 Å². The third-order valence-corrected chi connectivity index (χ3v) is 5.46. The lowest BCUT2D eigenvalue weighted by Crippen LogP contribution is -2.05. The van der Waals surface area contributed by atoms with E-state index in [0.29, 0.717) is 24.3 Å². The average molecular weight is 421 g/mol. The van der Waals surface area contributed by atoms with Crippen molar-refractivity contribution in [3.63, 3.8) is 0 Å². The number of aromatic amines is 1. The molecule has 4 aromatic carbocycles. The SMILES string of the molecule is O=C(c1ccccc1)c1ccc2cc(OCCCOc3ccc4[nH]ccc4c3)ccc2c1. The Morgan fingerprint density at radius 2 is 1.34 bits per heavy atom. The molecule has 5 rings (SSSR count). The molecule has 0 aliphatic carbocycles. The molecule has 32 heavy (non-hydrogen) atoms.